The van der Waals surface area contributed by atoms with Gasteiger partial charge in [0.1, 0.15) is 18.7 Å². The molecule has 11 heteroatoms. The first-order valence-corrected chi connectivity index (χ1v) is 12.1. The summed E-state index contributed by atoms with van der Waals surface area (Å²) in [5.41, 5.74) is 5.40. The van der Waals surface area contributed by atoms with E-state index < -0.39 is 12.1 Å². The molecule has 0 amide bonds. The lowest BCUT2D eigenvalue weighted by Gasteiger charge is -2.26. The van der Waals surface area contributed by atoms with Crippen molar-refractivity contribution in [3.8, 4) is 28.6 Å². The quantitative estimate of drug-likeness (QED) is 0.372. The Kier molecular flexibility index (Phi) is 8.81. The summed E-state index contributed by atoms with van der Waals surface area (Å²) in [6, 6.07) is 24.2. The van der Waals surface area contributed by atoms with E-state index in [0.717, 1.165) is 66.4 Å². The average Bonchev–Trinajstić information content (AvgIpc) is 3.38. The van der Waals surface area contributed by atoms with Crippen LogP contribution in [-0.2, 0) is 9.53 Å². The van der Waals surface area contributed by atoms with Gasteiger partial charge < -0.3 is 14.6 Å². The van der Waals surface area contributed by atoms with Gasteiger partial charge in [-0.2, -0.15) is 18.4 Å². The number of alkyl halides is 3. The van der Waals surface area contributed by atoms with Gasteiger partial charge in [0, 0.05) is 30.9 Å². The predicted molar refractivity (Wildman–Crippen MR) is 138 cm³/mol. The van der Waals surface area contributed by atoms with E-state index in [1.807, 2.05) is 60.9 Å². The molecule has 1 saturated heterocycles. The number of ether oxygens (including phenoxy) is 2. The van der Waals surface area contributed by atoms with Crippen molar-refractivity contribution in [1.82, 2.24) is 14.5 Å². The van der Waals surface area contributed by atoms with E-state index in [2.05, 4.69) is 32.7 Å². The van der Waals surface area contributed by atoms with Crippen LogP contribution < -0.4 is 4.74 Å². The zero-order valence-corrected chi connectivity index (χ0v) is 20.8. The van der Waals surface area contributed by atoms with Crippen LogP contribution in [-0.4, -0.2) is 71.2 Å². The number of imidazole rings is 1. The van der Waals surface area contributed by atoms with Crippen LogP contribution in [0.25, 0.3) is 27.8 Å². The van der Waals surface area contributed by atoms with Crippen molar-refractivity contribution < 1.29 is 32.5 Å². The van der Waals surface area contributed by atoms with E-state index in [9.17, 15) is 18.4 Å². The van der Waals surface area contributed by atoms with E-state index in [1.165, 1.54) is 0 Å². The lowest BCUT2D eigenvalue weighted by atomic mass is 10.0. The van der Waals surface area contributed by atoms with Crippen molar-refractivity contribution in [1.29, 1.82) is 5.26 Å². The van der Waals surface area contributed by atoms with Crippen LogP contribution in [0.1, 0.15) is 5.56 Å². The third-order valence-electron chi connectivity index (χ3n) is 5.99. The molecule has 1 aliphatic rings. The molecule has 0 radical (unpaired) electrons. The minimum absolute atomic E-state index is 0.594. The number of hydrogen-bond acceptors (Lipinski definition) is 6. The monoisotopic (exact) mass is 538 g/mol. The molecule has 0 bridgehead atoms. The molecule has 1 N–H and O–H groups in total. The Morgan fingerprint density at radius 2 is 1.74 bits per heavy atom. The first-order valence-electron chi connectivity index (χ1n) is 12.1. The zero-order valence-electron chi connectivity index (χ0n) is 20.8. The SMILES string of the molecule is N#Cc1cc(-c2ccc(OCCN3CCOCC3)cc2)c2c(c1)ncn2-c1ccccc1.O=C(O)C(F)(F)F. The van der Waals surface area contributed by atoms with Gasteiger partial charge in [0.05, 0.1) is 35.9 Å². The van der Waals surface area contributed by atoms with Gasteiger partial charge >= 0.3 is 12.1 Å². The van der Waals surface area contributed by atoms with Crippen molar-refractivity contribution in [2.75, 3.05) is 39.5 Å². The van der Waals surface area contributed by atoms with Gasteiger partial charge in [0.25, 0.3) is 0 Å². The number of carboxylic acids is 1. The number of hydrogen-bond donors (Lipinski definition) is 1. The Morgan fingerprint density at radius 3 is 2.36 bits per heavy atom. The van der Waals surface area contributed by atoms with Crippen molar-refractivity contribution in [2.45, 2.75) is 6.18 Å². The van der Waals surface area contributed by atoms with E-state index in [4.69, 9.17) is 19.4 Å². The van der Waals surface area contributed by atoms with E-state index >= 15 is 0 Å². The summed E-state index contributed by atoms with van der Waals surface area (Å²) in [6.45, 7) is 5.06. The third kappa shape index (κ3) is 7.13. The second-order valence-electron chi connectivity index (χ2n) is 8.58. The number of nitrogens with zero attached hydrogens (tertiary/aromatic N) is 4. The van der Waals surface area contributed by atoms with Gasteiger partial charge in [-0.25, -0.2) is 9.78 Å². The predicted octanol–water partition coefficient (Wildman–Crippen LogP) is 4.91. The minimum Gasteiger partial charge on any atom is -0.492 e. The fourth-order valence-corrected chi connectivity index (χ4v) is 4.07. The van der Waals surface area contributed by atoms with Gasteiger partial charge in [-0.3, -0.25) is 9.47 Å². The number of aliphatic carboxylic acids is 1. The first-order chi connectivity index (χ1) is 18.8. The number of morpholine rings is 1. The smallest absolute Gasteiger partial charge is 0.490 e. The number of halogens is 3. The maximum atomic E-state index is 10.6. The lowest BCUT2D eigenvalue weighted by Crippen LogP contribution is -2.38. The highest BCUT2D eigenvalue weighted by Gasteiger charge is 2.38. The molecular formula is C28H25F3N4O4. The molecule has 1 aliphatic heterocycles. The third-order valence-corrected chi connectivity index (χ3v) is 5.99. The summed E-state index contributed by atoms with van der Waals surface area (Å²) in [5.74, 6) is -1.92. The number of aromatic nitrogens is 2. The second kappa shape index (κ2) is 12.4. The fourth-order valence-electron chi connectivity index (χ4n) is 4.07. The standard InChI is InChI=1S/C26H24N4O2.C2HF3O2/c27-18-20-16-24(26-25(17-20)28-19-30(26)22-4-2-1-3-5-22)21-6-8-23(9-7-21)32-15-12-29-10-13-31-14-11-29;3-2(4,5)1(6)7/h1-9,16-17,19H,10-15H2;(H,6,7). The van der Waals surface area contributed by atoms with Crippen LogP contribution in [0.15, 0.2) is 73.1 Å². The number of carboxylic acid groups (broad SMARTS) is 1. The average molecular weight is 539 g/mol. The Hall–Kier alpha value is -4.40. The summed E-state index contributed by atoms with van der Waals surface area (Å²) in [7, 11) is 0. The number of para-hydroxylation sites is 1. The molecule has 0 unspecified atom stereocenters. The Balaban J connectivity index is 0.000000448. The van der Waals surface area contributed by atoms with Crippen LogP contribution >= 0.6 is 0 Å². The van der Waals surface area contributed by atoms with Crippen LogP contribution in [0.4, 0.5) is 13.2 Å². The fraction of sp³-hybridized carbons (Fsp3) is 0.250. The van der Waals surface area contributed by atoms with Crippen molar-refractivity contribution >= 4 is 17.0 Å². The van der Waals surface area contributed by atoms with Crippen LogP contribution in [0.5, 0.6) is 5.75 Å². The maximum absolute atomic E-state index is 10.6. The molecule has 5 rings (SSSR count). The van der Waals surface area contributed by atoms with E-state index in [1.54, 1.807) is 0 Å². The Labute approximate surface area is 222 Å². The minimum atomic E-state index is -5.08. The lowest BCUT2D eigenvalue weighted by molar-refractivity contribution is -0.192. The summed E-state index contributed by atoms with van der Waals surface area (Å²) in [5, 5.41) is 16.6. The van der Waals surface area contributed by atoms with Crippen molar-refractivity contribution in [3.63, 3.8) is 0 Å². The summed E-state index contributed by atoms with van der Waals surface area (Å²) in [6.07, 6.45) is -3.27. The summed E-state index contributed by atoms with van der Waals surface area (Å²) < 4.78 is 45.2. The Morgan fingerprint density at radius 1 is 1.08 bits per heavy atom. The van der Waals surface area contributed by atoms with Gasteiger partial charge in [-0.1, -0.05) is 30.3 Å². The molecule has 0 spiro atoms. The number of rotatable bonds is 6. The summed E-state index contributed by atoms with van der Waals surface area (Å²) in [4.78, 5) is 15.8. The van der Waals surface area contributed by atoms with Crippen molar-refractivity contribution in [2.24, 2.45) is 0 Å². The first kappa shape index (κ1) is 27.6. The highest BCUT2D eigenvalue weighted by molar-refractivity contribution is 5.94. The molecular weight excluding hydrogens is 513 g/mol. The van der Waals surface area contributed by atoms with E-state index in [0.29, 0.717) is 12.2 Å². The highest BCUT2D eigenvalue weighted by Crippen LogP contribution is 2.32. The highest BCUT2D eigenvalue weighted by atomic mass is 19.4. The Bertz CT molecular complexity index is 1440. The topological polar surface area (TPSA) is 101 Å². The molecule has 39 heavy (non-hydrogen) atoms. The van der Waals surface area contributed by atoms with Crippen LogP contribution in [0, 0.1) is 11.3 Å². The van der Waals surface area contributed by atoms with Gasteiger partial charge in [-0.15, -0.1) is 0 Å². The molecule has 4 aromatic rings. The molecule has 202 valence electrons. The molecule has 0 saturated carbocycles. The molecule has 1 fully saturated rings. The van der Waals surface area contributed by atoms with Crippen LogP contribution in [0.2, 0.25) is 0 Å². The number of benzene rings is 3. The number of fused-ring (bicyclic) bond motifs is 1. The normalized spacial score (nSPS) is 13.8. The number of nitriles is 1. The van der Waals surface area contributed by atoms with Gasteiger partial charge in [-0.05, 0) is 42.0 Å². The van der Waals surface area contributed by atoms with Gasteiger partial charge in [0.15, 0.2) is 0 Å². The molecule has 1 aromatic heterocycles. The van der Waals surface area contributed by atoms with Crippen molar-refractivity contribution in [3.05, 3.63) is 78.6 Å². The molecule has 0 atom stereocenters. The molecule has 2 heterocycles. The second-order valence-corrected chi connectivity index (χ2v) is 8.58. The molecule has 8 nitrogen and oxygen atoms in total. The largest absolute Gasteiger partial charge is 0.492 e. The molecule has 3 aromatic carbocycles. The van der Waals surface area contributed by atoms with Crippen LogP contribution in [0.3, 0.4) is 0 Å². The zero-order chi connectivity index (χ0) is 27.8. The summed E-state index contributed by atoms with van der Waals surface area (Å²) >= 11 is 0. The maximum Gasteiger partial charge on any atom is 0.490 e. The van der Waals surface area contributed by atoms with E-state index in [-0.39, 0.29) is 0 Å². The molecule has 0 aliphatic carbocycles. The number of carbonyl (C=O) groups is 1. The van der Waals surface area contributed by atoms with Gasteiger partial charge in [0.2, 0.25) is 0 Å².